The van der Waals surface area contributed by atoms with Gasteiger partial charge in [0.2, 0.25) is 0 Å². The van der Waals surface area contributed by atoms with Crippen LogP contribution in [-0.2, 0) is 9.53 Å². The molecule has 0 aromatic rings. The minimum absolute atomic E-state index is 0.110. The molecule has 2 unspecified atom stereocenters. The van der Waals surface area contributed by atoms with Crippen molar-refractivity contribution in [3.63, 3.8) is 0 Å². The first-order valence-corrected chi connectivity index (χ1v) is 6.61. The van der Waals surface area contributed by atoms with Crippen LogP contribution >= 0.6 is 0 Å². The van der Waals surface area contributed by atoms with Gasteiger partial charge >= 0.3 is 5.97 Å². The average molecular weight is 237 g/mol. The molecule has 3 heteroatoms. The number of carbonyl (C=O) groups is 1. The zero-order valence-electron chi connectivity index (χ0n) is 11.1. The summed E-state index contributed by atoms with van der Waals surface area (Å²) in [5.41, 5.74) is 0.403. The molecule has 1 aliphatic carbocycles. The fraction of sp³-hybridized carbons (Fsp3) is 0.786. The number of ether oxygens (including phenoxy) is 1. The molecule has 0 aromatic heterocycles. The largest absolute Gasteiger partial charge is 0.465 e. The van der Waals surface area contributed by atoms with Crippen LogP contribution in [0.1, 0.15) is 40.0 Å². The molecule has 2 atom stereocenters. The summed E-state index contributed by atoms with van der Waals surface area (Å²) in [6.07, 6.45) is 8.05. The van der Waals surface area contributed by atoms with Crippen LogP contribution in [0.25, 0.3) is 0 Å². The third-order valence-corrected chi connectivity index (χ3v) is 3.98. The van der Waals surface area contributed by atoms with Gasteiger partial charge < -0.3 is 9.64 Å². The fourth-order valence-corrected chi connectivity index (χ4v) is 3.01. The third kappa shape index (κ3) is 2.82. The van der Waals surface area contributed by atoms with Crippen molar-refractivity contribution in [2.75, 3.05) is 13.2 Å². The van der Waals surface area contributed by atoms with Crippen LogP contribution in [0, 0.1) is 11.3 Å². The van der Waals surface area contributed by atoms with E-state index in [4.69, 9.17) is 4.74 Å². The molecule has 3 nitrogen and oxygen atoms in total. The van der Waals surface area contributed by atoms with E-state index in [1.165, 1.54) is 19.3 Å². The highest BCUT2D eigenvalue weighted by atomic mass is 16.5. The highest BCUT2D eigenvalue weighted by Crippen LogP contribution is 2.43. The Bertz CT molecular complexity index is 322. The van der Waals surface area contributed by atoms with Gasteiger partial charge in [-0.3, -0.25) is 4.79 Å². The Balaban J connectivity index is 1.96. The fourth-order valence-electron chi connectivity index (χ4n) is 3.01. The van der Waals surface area contributed by atoms with E-state index in [-0.39, 0.29) is 5.97 Å². The van der Waals surface area contributed by atoms with Crippen molar-refractivity contribution in [3.8, 4) is 0 Å². The highest BCUT2D eigenvalue weighted by Gasteiger charge is 2.39. The second-order valence-corrected chi connectivity index (χ2v) is 5.96. The lowest BCUT2D eigenvalue weighted by atomic mass is 9.71. The number of nitrogens with zero attached hydrogens (tertiary/aromatic N) is 1. The minimum atomic E-state index is -0.110. The molecule has 1 fully saturated rings. The molecule has 17 heavy (non-hydrogen) atoms. The highest BCUT2D eigenvalue weighted by molar-refractivity contribution is 5.72. The summed E-state index contributed by atoms with van der Waals surface area (Å²) in [4.78, 5) is 13.7. The predicted octanol–water partition coefficient (Wildman–Crippen LogP) is 2.57. The molecular weight excluding hydrogens is 214 g/mol. The maximum atomic E-state index is 11.5. The Kier molecular flexibility index (Phi) is 3.45. The normalized spacial score (nSPS) is 30.2. The number of carbonyl (C=O) groups excluding carboxylic acids is 1. The maximum Gasteiger partial charge on any atom is 0.325 e. The summed E-state index contributed by atoms with van der Waals surface area (Å²) in [7, 11) is 0. The molecule has 0 spiro atoms. The molecule has 0 bridgehead atoms. The quantitative estimate of drug-likeness (QED) is 0.707. The second kappa shape index (κ2) is 4.71. The summed E-state index contributed by atoms with van der Waals surface area (Å²) in [6.45, 7) is 7.37. The van der Waals surface area contributed by atoms with Crippen molar-refractivity contribution in [2.45, 2.75) is 46.1 Å². The maximum absolute atomic E-state index is 11.5. The molecule has 1 heterocycles. The first kappa shape index (κ1) is 12.5. The van der Waals surface area contributed by atoms with Crippen LogP contribution in [0.3, 0.4) is 0 Å². The van der Waals surface area contributed by atoms with Crippen molar-refractivity contribution in [3.05, 3.63) is 12.3 Å². The average Bonchev–Trinajstić information content (AvgIpc) is 2.60. The topological polar surface area (TPSA) is 29.5 Å². The first-order valence-electron chi connectivity index (χ1n) is 6.61. The SMILES string of the molecule is CCOC(=O)CN1C=CC2CCC(C)(C)CC21. The molecule has 0 N–H and O–H groups in total. The second-order valence-electron chi connectivity index (χ2n) is 5.96. The predicted molar refractivity (Wildman–Crippen MR) is 67.4 cm³/mol. The van der Waals surface area contributed by atoms with E-state index < -0.39 is 0 Å². The van der Waals surface area contributed by atoms with Crippen molar-refractivity contribution in [1.29, 1.82) is 0 Å². The lowest BCUT2D eigenvalue weighted by molar-refractivity contribution is -0.144. The van der Waals surface area contributed by atoms with Crippen LogP contribution in [-0.4, -0.2) is 30.1 Å². The molecule has 1 saturated carbocycles. The number of esters is 1. The van der Waals surface area contributed by atoms with Gasteiger partial charge in [0.25, 0.3) is 0 Å². The summed E-state index contributed by atoms with van der Waals surface area (Å²) >= 11 is 0. The van der Waals surface area contributed by atoms with E-state index >= 15 is 0 Å². The van der Waals surface area contributed by atoms with E-state index in [1.807, 2.05) is 6.92 Å². The summed E-state index contributed by atoms with van der Waals surface area (Å²) in [5, 5.41) is 0. The molecule has 1 aliphatic heterocycles. The standard InChI is InChI=1S/C14H23NO2/c1-4-17-13(16)10-15-8-6-11-5-7-14(2,3)9-12(11)15/h6,8,11-12H,4-5,7,9-10H2,1-3H3. The third-order valence-electron chi connectivity index (χ3n) is 3.98. The molecule has 2 aliphatic rings. The first-order chi connectivity index (χ1) is 8.02. The molecule has 96 valence electrons. The Morgan fingerprint density at radius 2 is 2.29 bits per heavy atom. The molecule has 0 radical (unpaired) electrons. The van der Waals surface area contributed by atoms with Gasteiger partial charge in [-0.05, 0) is 43.7 Å². The lowest BCUT2D eigenvalue weighted by Gasteiger charge is -2.41. The number of fused-ring (bicyclic) bond motifs is 1. The van der Waals surface area contributed by atoms with Crippen LogP contribution < -0.4 is 0 Å². The molecular formula is C14H23NO2. The summed E-state index contributed by atoms with van der Waals surface area (Å²) in [6, 6.07) is 0.503. The van der Waals surface area contributed by atoms with E-state index in [0.717, 1.165) is 0 Å². The van der Waals surface area contributed by atoms with Gasteiger partial charge in [0.05, 0.1) is 6.61 Å². The number of rotatable bonds is 3. The van der Waals surface area contributed by atoms with Gasteiger partial charge in [-0.2, -0.15) is 0 Å². The van der Waals surface area contributed by atoms with Gasteiger partial charge in [0.1, 0.15) is 6.54 Å². The monoisotopic (exact) mass is 237 g/mol. The summed E-state index contributed by atoms with van der Waals surface area (Å²) < 4.78 is 5.02. The van der Waals surface area contributed by atoms with E-state index in [1.54, 1.807) is 0 Å². The van der Waals surface area contributed by atoms with Crippen LogP contribution in [0.5, 0.6) is 0 Å². The zero-order valence-corrected chi connectivity index (χ0v) is 11.1. The number of hydrogen-bond donors (Lipinski definition) is 0. The molecule has 0 amide bonds. The Morgan fingerprint density at radius 3 is 3.00 bits per heavy atom. The van der Waals surface area contributed by atoms with Gasteiger partial charge in [-0.25, -0.2) is 0 Å². The Hall–Kier alpha value is -0.990. The van der Waals surface area contributed by atoms with Gasteiger partial charge in [-0.1, -0.05) is 19.9 Å². The van der Waals surface area contributed by atoms with Crippen molar-refractivity contribution >= 4 is 5.97 Å². The van der Waals surface area contributed by atoms with Gasteiger partial charge in [0, 0.05) is 6.04 Å². The smallest absolute Gasteiger partial charge is 0.325 e. The lowest BCUT2D eigenvalue weighted by Crippen LogP contribution is -2.42. The summed E-state index contributed by atoms with van der Waals surface area (Å²) in [5.74, 6) is 0.527. The zero-order chi connectivity index (χ0) is 12.5. The Morgan fingerprint density at radius 1 is 1.53 bits per heavy atom. The number of hydrogen-bond acceptors (Lipinski definition) is 3. The van der Waals surface area contributed by atoms with Crippen LogP contribution in [0.2, 0.25) is 0 Å². The Labute approximate surface area is 104 Å². The van der Waals surface area contributed by atoms with Crippen molar-refractivity contribution in [1.82, 2.24) is 4.90 Å². The van der Waals surface area contributed by atoms with Gasteiger partial charge in [-0.15, -0.1) is 0 Å². The molecule has 0 saturated heterocycles. The van der Waals surface area contributed by atoms with E-state index in [9.17, 15) is 4.79 Å². The van der Waals surface area contributed by atoms with E-state index in [2.05, 4.69) is 31.0 Å². The minimum Gasteiger partial charge on any atom is -0.465 e. The van der Waals surface area contributed by atoms with Crippen molar-refractivity contribution < 1.29 is 9.53 Å². The van der Waals surface area contributed by atoms with Crippen molar-refractivity contribution in [2.24, 2.45) is 11.3 Å². The van der Waals surface area contributed by atoms with Gasteiger partial charge in [0.15, 0.2) is 0 Å². The molecule has 0 aromatic carbocycles. The van der Waals surface area contributed by atoms with E-state index in [0.29, 0.717) is 30.5 Å². The van der Waals surface area contributed by atoms with Crippen LogP contribution in [0.4, 0.5) is 0 Å². The van der Waals surface area contributed by atoms with Crippen LogP contribution in [0.15, 0.2) is 12.3 Å². The molecule has 2 rings (SSSR count).